The third kappa shape index (κ3) is 2.20. The zero-order chi connectivity index (χ0) is 12.6. The van der Waals surface area contributed by atoms with Gasteiger partial charge in [-0.2, -0.15) is 0 Å². The summed E-state index contributed by atoms with van der Waals surface area (Å²) in [6.07, 6.45) is 0. The Morgan fingerprint density at radius 2 is 2.18 bits per heavy atom. The second kappa shape index (κ2) is 4.14. The molecular weight excluding hydrogens is 286 g/mol. The fourth-order valence-electron chi connectivity index (χ4n) is 1.55. The average molecular weight is 298 g/mol. The van der Waals surface area contributed by atoms with Crippen molar-refractivity contribution in [3.8, 4) is 5.75 Å². The summed E-state index contributed by atoms with van der Waals surface area (Å²) >= 11 is 3.12. The standard InChI is InChI=1S/C12H12BrNO3/c1-12(2)11(16)14-8-4-3-7(9(15)6-13)5-10(8)17-12/h3-5H,6H2,1-2H3,(H,14,16). The summed E-state index contributed by atoms with van der Waals surface area (Å²) in [4.78, 5) is 23.2. The Kier molecular flexibility index (Phi) is 2.95. The van der Waals surface area contributed by atoms with Crippen molar-refractivity contribution in [2.45, 2.75) is 19.4 Å². The van der Waals surface area contributed by atoms with Gasteiger partial charge in [-0.15, -0.1) is 0 Å². The van der Waals surface area contributed by atoms with Gasteiger partial charge in [0.05, 0.1) is 11.0 Å². The fraction of sp³-hybridized carbons (Fsp3) is 0.333. The number of benzene rings is 1. The maximum atomic E-state index is 11.6. The SMILES string of the molecule is CC1(C)Oc2cc(C(=O)CBr)ccc2NC1=O. The van der Waals surface area contributed by atoms with E-state index in [1.165, 1.54) is 0 Å². The van der Waals surface area contributed by atoms with Crippen LogP contribution in [0.15, 0.2) is 18.2 Å². The van der Waals surface area contributed by atoms with E-state index < -0.39 is 5.60 Å². The van der Waals surface area contributed by atoms with Crippen LogP contribution in [-0.4, -0.2) is 22.6 Å². The Morgan fingerprint density at radius 1 is 1.47 bits per heavy atom. The van der Waals surface area contributed by atoms with Gasteiger partial charge >= 0.3 is 0 Å². The lowest BCUT2D eigenvalue weighted by Crippen LogP contribution is -2.45. The first-order chi connectivity index (χ1) is 7.94. The molecule has 0 atom stereocenters. The van der Waals surface area contributed by atoms with Crippen molar-refractivity contribution in [3.63, 3.8) is 0 Å². The average Bonchev–Trinajstić information content (AvgIpc) is 2.28. The molecular formula is C12H12BrNO3. The lowest BCUT2D eigenvalue weighted by atomic mass is 10.0. The third-order valence-corrected chi connectivity index (χ3v) is 3.09. The largest absolute Gasteiger partial charge is 0.476 e. The number of hydrogen-bond acceptors (Lipinski definition) is 3. The molecule has 0 saturated carbocycles. The second-order valence-electron chi connectivity index (χ2n) is 4.33. The van der Waals surface area contributed by atoms with Crippen molar-refractivity contribution in [1.82, 2.24) is 0 Å². The fourth-order valence-corrected chi connectivity index (χ4v) is 1.88. The predicted molar refractivity (Wildman–Crippen MR) is 67.9 cm³/mol. The quantitative estimate of drug-likeness (QED) is 0.673. The highest BCUT2D eigenvalue weighted by Crippen LogP contribution is 2.34. The monoisotopic (exact) mass is 297 g/mol. The summed E-state index contributed by atoms with van der Waals surface area (Å²) in [5, 5.41) is 3.01. The van der Waals surface area contributed by atoms with Gasteiger partial charge in [0.1, 0.15) is 5.75 Å². The highest BCUT2D eigenvalue weighted by atomic mass is 79.9. The first kappa shape index (κ1) is 12.1. The number of carbonyl (C=O) groups excluding carboxylic acids is 2. The molecule has 0 fully saturated rings. The van der Waals surface area contributed by atoms with Gasteiger partial charge in [-0.3, -0.25) is 9.59 Å². The number of rotatable bonds is 2. The predicted octanol–water partition coefficient (Wildman–Crippen LogP) is 2.37. The minimum absolute atomic E-state index is 0.0221. The molecule has 1 aromatic rings. The number of ketones is 1. The number of Topliss-reactive ketones (excluding diaryl/α,β-unsaturated/α-hetero) is 1. The van der Waals surface area contributed by atoms with Crippen LogP contribution in [0.1, 0.15) is 24.2 Å². The van der Waals surface area contributed by atoms with Gasteiger partial charge in [0.25, 0.3) is 5.91 Å². The van der Waals surface area contributed by atoms with Crippen molar-refractivity contribution in [3.05, 3.63) is 23.8 Å². The number of carbonyl (C=O) groups is 2. The van der Waals surface area contributed by atoms with Crippen LogP contribution < -0.4 is 10.1 Å². The van der Waals surface area contributed by atoms with E-state index in [1.54, 1.807) is 32.0 Å². The molecule has 0 unspecified atom stereocenters. The normalized spacial score (nSPS) is 16.8. The molecule has 4 nitrogen and oxygen atoms in total. The van der Waals surface area contributed by atoms with Crippen LogP contribution in [-0.2, 0) is 4.79 Å². The zero-order valence-electron chi connectivity index (χ0n) is 9.54. The molecule has 1 amide bonds. The lowest BCUT2D eigenvalue weighted by Gasteiger charge is -2.31. The lowest BCUT2D eigenvalue weighted by molar-refractivity contribution is -0.129. The van der Waals surface area contributed by atoms with E-state index in [4.69, 9.17) is 4.74 Å². The smallest absolute Gasteiger partial charge is 0.268 e. The summed E-state index contributed by atoms with van der Waals surface area (Å²) < 4.78 is 5.59. The molecule has 1 aliphatic rings. The maximum Gasteiger partial charge on any atom is 0.268 e. The molecule has 17 heavy (non-hydrogen) atoms. The molecule has 5 heteroatoms. The van der Waals surface area contributed by atoms with E-state index in [0.717, 1.165) is 0 Å². The van der Waals surface area contributed by atoms with Crippen LogP contribution in [0, 0.1) is 0 Å². The number of hydrogen-bond donors (Lipinski definition) is 1. The van der Waals surface area contributed by atoms with Crippen molar-refractivity contribution in [1.29, 1.82) is 0 Å². The van der Waals surface area contributed by atoms with Crippen LogP contribution >= 0.6 is 15.9 Å². The number of fused-ring (bicyclic) bond motifs is 1. The molecule has 1 N–H and O–H groups in total. The molecule has 2 rings (SSSR count). The second-order valence-corrected chi connectivity index (χ2v) is 4.89. The molecule has 0 aromatic heterocycles. The van der Waals surface area contributed by atoms with Crippen LogP contribution in [0.3, 0.4) is 0 Å². The maximum absolute atomic E-state index is 11.6. The van der Waals surface area contributed by atoms with Gasteiger partial charge < -0.3 is 10.1 Å². The summed E-state index contributed by atoms with van der Waals surface area (Å²) in [7, 11) is 0. The molecule has 0 bridgehead atoms. The molecule has 1 heterocycles. The number of ether oxygens (including phenoxy) is 1. The Balaban J connectivity index is 2.41. The van der Waals surface area contributed by atoms with Crippen LogP contribution in [0.25, 0.3) is 0 Å². The van der Waals surface area contributed by atoms with Crippen LogP contribution in [0.5, 0.6) is 5.75 Å². The molecule has 90 valence electrons. The van der Waals surface area contributed by atoms with E-state index in [0.29, 0.717) is 17.0 Å². The number of nitrogens with one attached hydrogen (secondary N) is 1. The molecule has 0 radical (unpaired) electrons. The number of halogens is 1. The van der Waals surface area contributed by atoms with Crippen molar-refractivity contribution in [2.24, 2.45) is 0 Å². The number of amides is 1. The van der Waals surface area contributed by atoms with Gasteiger partial charge in [-0.1, -0.05) is 15.9 Å². The summed E-state index contributed by atoms with van der Waals surface area (Å²) in [5.74, 6) is 0.317. The minimum atomic E-state index is -0.914. The van der Waals surface area contributed by atoms with Gasteiger partial charge in [-0.05, 0) is 32.0 Å². The van der Waals surface area contributed by atoms with E-state index in [-0.39, 0.29) is 17.0 Å². The Hall–Kier alpha value is -1.36. The highest BCUT2D eigenvalue weighted by molar-refractivity contribution is 9.09. The van der Waals surface area contributed by atoms with Crippen molar-refractivity contribution < 1.29 is 14.3 Å². The van der Waals surface area contributed by atoms with Gasteiger partial charge in [0, 0.05) is 5.56 Å². The Morgan fingerprint density at radius 3 is 2.82 bits per heavy atom. The molecule has 1 aliphatic heterocycles. The summed E-state index contributed by atoms with van der Waals surface area (Å²) in [6.45, 7) is 3.37. The molecule has 0 saturated heterocycles. The molecule has 0 spiro atoms. The Labute approximate surface area is 107 Å². The minimum Gasteiger partial charge on any atom is -0.476 e. The third-order valence-electron chi connectivity index (χ3n) is 2.59. The topological polar surface area (TPSA) is 55.4 Å². The van der Waals surface area contributed by atoms with Gasteiger partial charge in [-0.25, -0.2) is 0 Å². The van der Waals surface area contributed by atoms with Crippen LogP contribution in [0.2, 0.25) is 0 Å². The summed E-state index contributed by atoms with van der Waals surface area (Å²) in [5.41, 5.74) is 0.247. The van der Waals surface area contributed by atoms with Crippen LogP contribution in [0.4, 0.5) is 5.69 Å². The summed E-state index contributed by atoms with van der Waals surface area (Å²) in [6, 6.07) is 5.00. The number of anilines is 1. The van der Waals surface area contributed by atoms with E-state index >= 15 is 0 Å². The van der Waals surface area contributed by atoms with E-state index in [2.05, 4.69) is 21.2 Å². The first-order valence-corrected chi connectivity index (χ1v) is 6.30. The van der Waals surface area contributed by atoms with Gasteiger partial charge in [0.2, 0.25) is 0 Å². The highest BCUT2D eigenvalue weighted by Gasteiger charge is 2.35. The number of alkyl halides is 1. The van der Waals surface area contributed by atoms with E-state index in [9.17, 15) is 9.59 Å². The van der Waals surface area contributed by atoms with Crippen molar-refractivity contribution >= 4 is 33.3 Å². The first-order valence-electron chi connectivity index (χ1n) is 5.18. The van der Waals surface area contributed by atoms with Gasteiger partial charge in [0.15, 0.2) is 11.4 Å². The Bertz CT molecular complexity index is 497. The van der Waals surface area contributed by atoms with Crippen molar-refractivity contribution in [2.75, 3.05) is 10.6 Å². The van der Waals surface area contributed by atoms with E-state index in [1.807, 2.05) is 0 Å². The molecule has 0 aliphatic carbocycles. The zero-order valence-corrected chi connectivity index (χ0v) is 11.1. The molecule has 1 aromatic carbocycles.